The molecule has 2 aromatic carbocycles. The minimum Gasteiger partial charge on any atom is -0.298 e. The molecule has 4 nitrogen and oxygen atoms in total. The Morgan fingerprint density at radius 1 is 1.08 bits per heavy atom. The molecule has 0 aliphatic carbocycles. The summed E-state index contributed by atoms with van der Waals surface area (Å²) in [6, 6.07) is 16.8. The molecule has 0 radical (unpaired) electrons. The average Bonchev–Trinajstić information content (AvgIpc) is 3.13. The molecule has 4 rings (SSSR count). The fourth-order valence-corrected chi connectivity index (χ4v) is 3.32. The molecule has 0 spiro atoms. The molecule has 2 heterocycles. The van der Waals surface area contributed by atoms with E-state index in [9.17, 15) is 4.79 Å². The lowest BCUT2D eigenvalue weighted by molar-refractivity contribution is 0.102. The van der Waals surface area contributed by atoms with Crippen molar-refractivity contribution in [1.29, 1.82) is 0 Å². The number of nitrogens with zero attached hydrogens (tertiary/aromatic N) is 2. The summed E-state index contributed by atoms with van der Waals surface area (Å²) in [6.07, 6.45) is 1.66. The normalized spacial score (nSPS) is 10.8. The number of aromatic nitrogens is 2. The number of para-hydroxylation sites is 1. The Morgan fingerprint density at radius 2 is 1.96 bits per heavy atom. The van der Waals surface area contributed by atoms with Crippen LogP contribution in [0.25, 0.3) is 22.2 Å². The molecule has 0 saturated heterocycles. The first kappa shape index (κ1) is 15.7. The first-order chi connectivity index (χ1) is 12.2. The molecule has 122 valence electrons. The quantitative estimate of drug-likeness (QED) is 0.538. The predicted octanol–water partition coefficient (Wildman–Crippen LogP) is 5.26. The zero-order valence-corrected chi connectivity index (χ0v) is 14.5. The van der Waals surface area contributed by atoms with Crippen molar-refractivity contribution in [1.82, 2.24) is 9.97 Å². The monoisotopic (exact) mass is 365 g/mol. The van der Waals surface area contributed by atoms with Crippen LogP contribution >= 0.6 is 22.9 Å². The number of rotatable bonds is 3. The molecule has 0 aliphatic heterocycles. The van der Waals surface area contributed by atoms with Crippen LogP contribution in [0.5, 0.6) is 0 Å². The second-order valence-electron chi connectivity index (χ2n) is 5.37. The second-order valence-corrected chi connectivity index (χ2v) is 6.70. The summed E-state index contributed by atoms with van der Waals surface area (Å²) >= 11 is 7.47. The summed E-state index contributed by atoms with van der Waals surface area (Å²) in [6.45, 7) is 0. The third kappa shape index (κ3) is 3.24. The van der Waals surface area contributed by atoms with E-state index in [0.717, 1.165) is 16.5 Å². The highest BCUT2D eigenvalue weighted by Crippen LogP contribution is 2.27. The van der Waals surface area contributed by atoms with Crippen molar-refractivity contribution in [3.8, 4) is 11.3 Å². The number of fused-ring (bicyclic) bond motifs is 1. The van der Waals surface area contributed by atoms with Gasteiger partial charge in [0.2, 0.25) is 0 Å². The van der Waals surface area contributed by atoms with Crippen LogP contribution in [-0.2, 0) is 0 Å². The van der Waals surface area contributed by atoms with Crippen molar-refractivity contribution in [2.75, 3.05) is 5.32 Å². The van der Waals surface area contributed by atoms with Crippen LogP contribution < -0.4 is 5.32 Å². The van der Waals surface area contributed by atoms with Gasteiger partial charge in [-0.15, -0.1) is 11.3 Å². The van der Waals surface area contributed by atoms with E-state index in [1.54, 1.807) is 12.3 Å². The Balaban J connectivity index is 1.85. The SMILES string of the molecule is O=C(Nc1nccs1)c1cc(-c2cccc(Cl)c2)nc2ccccc12. The van der Waals surface area contributed by atoms with Gasteiger partial charge in [-0.1, -0.05) is 41.9 Å². The van der Waals surface area contributed by atoms with Gasteiger partial charge in [-0.3, -0.25) is 10.1 Å². The Hall–Kier alpha value is -2.76. The van der Waals surface area contributed by atoms with E-state index in [0.29, 0.717) is 21.4 Å². The van der Waals surface area contributed by atoms with Crippen molar-refractivity contribution in [2.24, 2.45) is 0 Å². The van der Waals surface area contributed by atoms with E-state index >= 15 is 0 Å². The molecule has 0 fully saturated rings. The lowest BCUT2D eigenvalue weighted by Crippen LogP contribution is -2.12. The van der Waals surface area contributed by atoms with E-state index < -0.39 is 0 Å². The summed E-state index contributed by atoms with van der Waals surface area (Å²) in [5.74, 6) is -0.211. The first-order valence-corrected chi connectivity index (χ1v) is 8.83. The van der Waals surface area contributed by atoms with Gasteiger partial charge in [0.1, 0.15) is 0 Å². The maximum Gasteiger partial charge on any atom is 0.258 e. The molecule has 0 bridgehead atoms. The third-order valence-electron chi connectivity index (χ3n) is 3.73. The number of carbonyl (C=O) groups is 1. The van der Waals surface area contributed by atoms with Gasteiger partial charge in [0.05, 0.1) is 16.8 Å². The smallest absolute Gasteiger partial charge is 0.258 e. The molecule has 6 heteroatoms. The third-order valence-corrected chi connectivity index (χ3v) is 4.66. The van der Waals surface area contributed by atoms with E-state index in [2.05, 4.69) is 15.3 Å². The number of pyridine rings is 1. The Morgan fingerprint density at radius 3 is 2.76 bits per heavy atom. The minimum absolute atomic E-state index is 0.211. The number of hydrogen-bond donors (Lipinski definition) is 1. The molecule has 2 aromatic heterocycles. The first-order valence-electron chi connectivity index (χ1n) is 7.57. The zero-order valence-electron chi connectivity index (χ0n) is 12.9. The number of carbonyl (C=O) groups excluding carboxylic acids is 1. The van der Waals surface area contributed by atoms with E-state index in [1.807, 2.05) is 53.9 Å². The fourth-order valence-electron chi connectivity index (χ4n) is 2.61. The van der Waals surface area contributed by atoms with Crippen LogP contribution in [0.2, 0.25) is 5.02 Å². The van der Waals surface area contributed by atoms with Crippen LogP contribution in [0.4, 0.5) is 5.13 Å². The molecule has 0 unspecified atom stereocenters. The summed E-state index contributed by atoms with van der Waals surface area (Å²) in [7, 11) is 0. The van der Waals surface area contributed by atoms with Crippen molar-refractivity contribution in [3.63, 3.8) is 0 Å². The van der Waals surface area contributed by atoms with Gasteiger partial charge in [0.15, 0.2) is 5.13 Å². The number of halogens is 1. The Labute approximate surface area is 153 Å². The number of benzene rings is 2. The maximum atomic E-state index is 12.8. The predicted molar refractivity (Wildman–Crippen MR) is 102 cm³/mol. The van der Waals surface area contributed by atoms with Gasteiger partial charge in [0.25, 0.3) is 5.91 Å². The summed E-state index contributed by atoms with van der Waals surface area (Å²) in [5.41, 5.74) is 2.87. The van der Waals surface area contributed by atoms with Crippen LogP contribution in [0.15, 0.2) is 66.2 Å². The lowest BCUT2D eigenvalue weighted by Gasteiger charge is -2.10. The van der Waals surface area contributed by atoms with Crippen LogP contribution in [-0.4, -0.2) is 15.9 Å². The number of amides is 1. The van der Waals surface area contributed by atoms with Crippen molar-refractivity contribution >= 4 is 44.9 Å². The van der Waals surface area contributed by atoms with Gasteiger partial charge in [-0.25, -0.2) is 9.97 Å². The largest absolute Gasteiger partial charge is 0.298 e. The molecule has 0 saturated carbocycles. The minimum atomic E-state index is -0.211. The fraction of sp³-hybridized carbons (Fsp3) is 0. The van der Waals surface area contributed by atoms with Crippen molar-refractivity contribution in [2.45, 2.75) is 0 Å². The van der Waals surface area contributed by atoms with E-state index in [4.69, 9.17) is 11.6 Å². The number of anilines is 1. The summed E-state index contributed by atoms with van der Waals surface area (Å²) in [4.78, 5) is 21.6. The Kier molecular flexibility index (Phi) is 4.17. The van der Waals surface area contributed by atoms with E-state index in [1.165, 1.54) is 11.3 Å². The highest BCUT2D eigenvalue weighted by Gasteiger charge is 2.15. The highest BCUT2D eigenvalue weighted by molar-refractivity contribution is 7.13. The number of nitrogens with one attached hydrogen (secondary N) is 1. The summed E-state index contributed by atoms with van der Waals surface area (Å²) in [5, 5.41) is 6.64. The molecule has 0 atom stereocenters. The summed E-state index contributed by atoms with van der Waals surface area (Å²) < 4.78 is 0. The lowest BCUT2D eigenvalue weighted by atomic mass is 10.0. The standard InChI is InChI=1S/C19H12ClN3OS/c20-13-5-3-4-12(10-13)17-11-15(14-6-1-2-7-16(14)22-17)18(24)23-19-21-8-9-25-19/h1-11H,(H,21,23,24). The van der Waals surface area contributed by atoms with Gasteiger partial charge in [0, 0.05) is 27.5 Å². The number of thiazole rings is 1. The van der Waals surface area contributed by atoms with Crippen LogP contribution in [0, 0.1) is 0 Å². The van der Waals surface area contributed by atoms with Crippen molar-refractivity contribution < 1.29 is 4.79 Å². The van der Waals surface area contributed by atoms with Crippen LogP contribution in [0.3, 0.4) is 0 Å². The zero-order chi connectivity index (χ0) is 17.2. The van der Waals surface area contributed by atoms with Crippen LogP contribution in [0.1, 0.15) is 10.4 Å². The molecule has 0 aliphatic rings. The van der Waals surface area contributed by atoms with Gasteiger partial charge in [-0.2, -0.15) is 0 Å². The Bertz CT molecular complexity index is 1060. The molecule has 1 amide bonds. The highest BCUT2D eigenvalue weighted by atomic mass is 35.5. The molecular weight excluding hydrogens is 354 g/mol. The van der Waals surface area contributed by atoms with Crippen molar-refractivity contribution in [3.05, 3.63) is 76.8 Å². The molecule has 1 N–H and O–H groups in total. The van der Waals surface area contributed by atoms with Gasteiger partial charge in [-0.05, 0) is 24.3 Å². The topological polar surface area (TPSA) is 54.9 Å². The van der Waals surface area contributed by atoms with Gasteiger partial charge >= 0.3 is 0 Å². The molecular formula is C19H12ClN3OS. The number of hydrogen-bond acceptors (Lipinski definition) is 4. The molecule has 25 heavy (non-hydrogen) atoms. The average molecular weight is 366 g/mol. The molecule has 4 aromatic rings. The second kappa shape index (κ2) is 6.63. The van der Waals surface area contributed by atoms with Gasteiger partial charge < -0.3 is 0 Å². The maximum absolute atomic E-state index is 12.8. The van der Waals surface area contributed by atoms with E-state index in [-0.39, 0.29) is 5.91 Å².